The molecule has 0 aromatic carbocycles. The van der Waals surface area contributed by atoms with E-state index < -0.39 is 0 Å². The van der Waals surface area contributed by atoms with Crippen LogP contribution in [0.4, 0.5) is 0 Å². The van der Waals surface area contributed by atoms with Crippen molar-refractivity contribution in [2.45, 2.75) is 51.6 Å². The molecule has 0 aromatic heterocycles. The fourth-order valence-corrected chi connectivity index (χ4v) is 2.13. The highest BCUT2D eigenvalue weighted by Crippen LogP contribution is 2.30. The van der Waals surface area contributed by atoms with Gasteiger partial charge in [-0.25, -0.2) is 0 Å². The van der Waals surface area contributed by atoms with Crippen LogP contribution >= 0.6 is 0 Å². The van der Waals surface area contributed by atoms with Gasteiger partial charge < -0.3 is 14.6 Å². The van der Waals surface area contributed by atoms with Gasteiger partial charge >= 0.3 is 5.97 Å². The number of Topliss-reactive ketones (excluding diaryl/α,β-unsaturated/α-hetero) is 1. The van der Waals surface area contributed by atoms with Crippen LogP contribution in [0.1, 0.15) is 45.4 Å². The van der Waals surface area contributed by atoms with Crippen LogP contribution in [0, 0.1) is 5.92 Å². The normalized spacial score (nSPS) is 22.9. The van der Waals surface area contributed by atoms with E-state index in [1.165, 1.54) is 0 Å². The van der Waals surface area contributed by atoms with Crippen molar-refractivity contribution >= 4 is 11.8 Å². The highest BCUT2D eigenvalue weighted by molar-refractivity contribution is 5.76. The van der Waals surface area contributed by atoms with Crippen LogP contribution in [0.15, 0.2) is 12.2 Å². The Morgan fingerprint density at radius 1 is 1.44 bits per heavy atom. The number of aliphatic hydroxyl groups excluding tert-OH is 1. The number of ketones is 1. The second kappa shape index (κ2) is 7.31. The van der Waals surface area contributed by atoms with E-state index in [-0.39, 0.29) is 30.4 Å². The number of cyclic esters (lactones) is 1. The number of ether oxygens (including phenoxy) is 1. The molecule has 2 unspecified atom stereocenters. The minimum absolute atomic E-state index is 0.0735. The van der Waals surface area contributed by atoms with Gasteiger partial charge in [0.05, 0.1) is 5.92 Å². The molecule has 102 valence electrons. The molecule has 4 nitrogen and oxygen atoms in total. The van der Waals surface area contributed by atoms with Crippen molar-refractivity contribution < 1.29 is 19.4 Å². The lowest BCUT2D eigenvalue weighted by atomic mass is 9.94. The number of hydrogen-bond acceptors (Lipinski definition) is 4. The van der Waals surface area contributed by atoms with E-state index in [1.807, 2.05) is 0 Å². The molecule has 1 saturated heterocycles. The topological polar surface area (TPSA) is 63.6 Å². The van der Waals surface area contributed by atoms with Crippen molar-refractivity contribution in [1.82, 2.24) is 0 Å². The summed E-state index contributed by atoms with van der Waals surface area (Å²) >= 11 is 0. The molecule has 0 aliphatic carbocycles. The SMILES string of the molecule is C=C(CCC(C)=O)C1CC(CCCCO)C(=O)O1. The molecule has 1 aliphatic rings. The fourth-order valence-electron chi connectivity index (χ4n) is 2.13. The van der Waals surface area contributed by atoms with Crippen LogP contribution in [0.2, 0.25) is 0 Å². The summed E-state index contributed by atoms with van der Waals surface area (Å²) in [4.78, 5) is 22.5. The van der Waals surface area contributed by atoms with Crippen LogP contribution in [-0.2, 0) is 14.3 Å². The molecule has 18 heavy (non-hydrogen) atoms. The zero-order valence-corrected chi connectivity index (χ0v) is 11.0. The summed E-state index contributed by atoms with van der Waals surface area (Å²) < 4.78 is 5.29. The lowest BCUT2D eigenvalue weighted by molar-refractivity contribution is -0.143. The molecule has 0 bridgehead atoms. The van der Waals surface area contributed by atoms with Gasteiger partial charge in [-0.2, -0.15) is 0 Å². The minimum Gasteiger partial charge on any atom is -0.458 e. The number of hydrogen-bond donors (Lipinski definition) is 1. The smallest absolute Gasteiger partial charge is 0.309 e. The third kappa shape index (κ3) is 4.61. The minimum atomic E-state index is -0.226. The average Bonchev–Trinajstić information content (AvgIpc) is 2.68. The number of aliphatic hydroxyl groups is 1. The number of rotatable bonds is 8. The highest BCUT2D eigenvalue weighted by atomic mass is 16.6. The van der Waals surface area contributed by atoms with Crippen molar-refractivity contribution in [3.8, 4) is 0 Å². The second-order valence-corrected chi connectivity index (χ2v) is 4.94. The van der Waals surface area contributed by atoms with Gasteiger partial charge in [-0.3, -0.25) is 4.79 Å². The van der Waals surface area contributed by atoms with Gasteiger partial charge in [-0.05, 0) is 31.8 Å². The third-order valence-corrected chi connectivity index (χ3v) is 3.30. The maximum Gasteiger partial charge on any atom is 0.309 e. The molecule has 0 aromatic rings. The molecule has 4 heteroatoms. The Balaban J connectivity index is 2.35. The summed E-state index contributed by atoms with van der Waals surface area (Å²) in [5, 5.41) is 8.71. The predicted octanol–water partition coefficient (Wildman–Crippen LogP) is 2.01. The van der Waals surface area contributed by atoms with E-state index in [9.17, 15) is 9.59 Å². The molecule has 2 atom stereocenters. The summed E-state index contributed by atoms with van der Waals surface area (Å²) in [6.07, 6.45) is 3.81. The monoisotopic (exact) mass is 254 g/mol. The van der Waals surface area contributed by atoms with E-state index in [1.54, 1.807) is 6.92 Å². The highest BCUT2D eigenvalue weighted by Gasteiger charge is 2.34. The lowest BCUT2D eigenvalue weighted by Crippen LogP contribution is -2.10. The summed E-state index contributed by atoms with van der Waals surface area (Å²) in [6, 6.07) is 0. The average molecular weight is 254 g/mol. The van der Waals surface area contributed by atoms with Crippen molar-refractivity contribution in [2.75, 3.05) is 6.61 Å². The first kappa shape index (κ1) is 14.9. The molecular weight excluding hydrogens is 232 g/mol. The van der Waals surface area contributed by atoms with Crippen LogP contribution < -0.4 is 0 Å². The molecular formula is C14H22O4. The number of carbonyl (C=O) groups is 2. The van der Waals surface area contributed by atoms with Gasteiger partial charge in [-0.15, -0.1) is 0 Å². The maximum absolute atomic E-state index is 11.6. The van der Waals surface area contributed by atoms with Crippen molar-refractivity contribution in [3.63, 3.8) is 0 Å². The quantitative estimate of drug-likeness (QED) is 0.409. The summed E-state index contributed by atoms with van der Waals surface area (Å²) in [5.41, 5.74) is 0.836. The van der Waals surface area contributed by atoms with Crippen molar-refractivity contribution in [3.05, 3.63) is 12.2 Å². The van der Waals surface area contributed by atoms with Crippen molar-refractivity contribution in [2.24, 2.45) is 5.92 Å². The molecule has 1 fully saturated rings. The van der Waals surface area contributed by atoms with Crippen LogP contribution in [0.25, 0.3) is 0 Å². The summed E-state index contributed by atoms with van der Waals surface area (Å²) in [5.74, 6) is -0.113. The maximum atomic E-state index is 11.6. The fraction of sp³-hybridized carbons (Fsp3) is 0.714. The Hall–Kier alpha value is -1.16. The molecule has 1 aliphatic heterocycles. The second-order valence-electron chi connectivity index (χ2n) is 4.94. The van der Waals surface area contributed by atoms with Gasteiger partial charge in [0, 0.05) is 19.4 Å². The Morgan fingerprint density at radius 3 is 2.78 bits per heavy atom. The number of esters is 1. The molecule has 0 radical (unpaired) electrons. The number of unbranched alkanes of at least 4 members (excludes halogenated alkanes) is 1. The molecule has 0 spiro atoms. The first-order valence-electron chi connectivity index (χ1n) is 6.53. The van der Waals surface area contributed by atoms with E-state index in [2.05, 4.69) is 6.58 Å². The standard InChI is InChI=1S/C14H22O4/c1-10(6-7-11(2)16)13-9-12(14(17)18-13)5-3-4-8-15/h12-13,15H,1,3-9H2,2H3. The molecule has 1 N–H and O–H groups in total. The molecule has 1 heterocycles. The van der Waals surface area contributed by atoms with Gasteiger partial charge in [0.1, 0.15) is 11.9 Å². The predicted molar refractivity (Wildman–Crippen MR) is 68.0 cm³/mol. The Bertz CT molecular complexity index is 322. The van der Waals surface area contributed by atoms with E-state index >= 15 is 0 Å². The third-order valence-electron chi connectivity index (χ3n) is 3.30. The van der Waals surface area contributed by atoms with E-state index in [0.717, 1.165) is 24.8 Å². The molecule has 1 rings (SSSR count). The van der Waals surface area contributed by atoms with Gasteiger partial charge in [0.25, 0.3) is 0 Å². The first-order chi connectivity index (χ1) is 8.54. The van der Waals surface area contributed by atoms with Crippen LogP contribution in [0.3, 0.4) is 0 Å². The van der Waals surface area contributed by atoms with E-state index in [4.69, 9.17) is 9.84 Å². The summed E-state index contributed by atoms with van der Waals surface area (Å²) in [6.45, 7) is 5.62. The van der Waals surface area contributed by atoms with Crippen LogP contribution in [0.5, 0.6) is 0 Å². The zero-order chi connectivity index (χ0) is 13.5. The first-order valence-corrected chi connectivity index (χ1v) is 6.53. The zero-order valence-electron chi connectivity index (χ0n) is 11.0. The van der Waals surface area contributed by atoms with Gasteiger partial charge in [0.15, 0.2) is 0 Å². The van der Waals surface area contributed by atoms with Gasteiger partial charge in [0.2, 0.25) is 0 Å². The van der Waals surface area contributed by atoms with Crippen molar-refractivity contribution in [1.29, 1.82) is 0 Å². The van der Waals surface area contributed by atoms with Crippen LogP contribution in [-0.4, -0.2) is 29.6 Å². The van der Waals surface area contributed by atoms with Gasteiger partial charge in [-0.1, -0.05) is 13.0 Å². The number of carbonyl (C=O) groups excluding carboxylic acids is 2. The Morgan fingerprint density at radius 2 is 2.17 bits per heavy atom. The molecule has 0 saturated carbocycles. The summed E-state index contributed by atoms with van der Waals surface area (Å²) in [7, 11) is 0. The largest absolute Gasteiger partial charge is 0.458 e. The molecule has 0 amide bonds. The Kier molecular flexibility index (Phi) is 6.05. The Labute approximate surface area is 108 Å². The lowest BCUT2D eigenvalue weighted by Gasteiger charge is -2.11. The van der Waals surface area contributed by atoms with E-state index in [0.29, 0.717) is 19.3 Å².